The van der Waals surface area contributed by atoms with Crippen molar-refractivity contribution in [2.24, 2.45) is 23.7 Å². The van der Waals surface area contributed by atoms with Crippen LogP contribution in [0.1, 0.15) is 64.2 Å². The van der Waals surface area contributed by atoms with Crippen LogP contribution in [0.2, 0.25) is 0 Å². The van der Waals surface area contributed by atoms with E-state index in [-0.39, 0.29) is 0 Å². The number of nitrogens with zero attached hydrogens (tertiary/aromatic N) is 2. The molecule has 4 aliphatic carbocycles. The first-order valence-electron chi connectivity index (χ1n) is 24.9. The van der Waals surface area contributed by atoms with Gasteiger partial charge in [-0.3, -0.25) is 0 Å². The Labute approximate surface area is 396 Å². The van der Waals surface area contributed by atoms with Crippen molar-refractivity contribution >= 4 is 84.9 Å². The number of benzene rings is 7. The Hall–Kier alpha value is -4.95. The third kappa shape index (κ3) is 6.57. The van der Waals surface area contributed by atoms with E-state index in [1.165, 1.54) is 117 Å². The average molecular weight is 944 g/mol. The minimum absolute atomic E-state index is 0.665. The highest BCUT2D eigenvalue weighted by Crippen LogP contribution is 2.51. The fourth-order valence-electron chi connectivity index (χ4n) is 15.5. The normalized spacial score (nSPS) is 26.5. The van der Waals surface area contributed by atoms with Gasteiger partial charge in [0.1, 0.15) is 0 Å². The molecule has 0 unspecified atom stereocenters. The van der Waals surface area contributed by atoms with Crippen LogP contribution in [-0.2, 0) is 0 Å². The smallest absolute Gasteiger partial charge is 0.179 e. The Kier molecular flexibility index (Phi) is 10.0. The van der Waals surface area contributed by atoms with Crippen LogP contribution in [-0.4, -0.2) is 40.3 Å². The second-order valence-electron chi connectivity index (χ2n) is 21.0. The minimum atomic E-state index is -2.98. The number of anilines is 2. The van der Waals surface area contributed by atoms with Gasteiger partial charge in [-0.25, -0.2) is 0 Å². The first-order valence-corrected chi connectivity index (χ1v) is 29.6. The topological polar surface area (TPSA) is 6.48 Å². The van der Waals surface area contributed by atoms with Gasteiger partial charge in [-0.05, 0) is 166 Å². The summed E-state index contributed by atoms with van der Waals surface area (Å²) in [7, 11) is -5.96. The van der Waals surface area contributed by atoms with Gasteiger partial charge in [0, 0.05) is 40.0 Å². The monoisotopic (exact) mass is 942 g/mol. The molecule has 0 N–H and O–H groups in total. The predicted octanol–water partition coefficient (Wildman–Crippen LogP) is 8.74. The van der Waals surface area contributed by atoms with Crippen molar-refractivity contribution in [3.63, 3.8) is 0 Å². The Morgan fingerprint density at radius 3 is 0.892 bits per heavy atom. The molecule has 0 radical (unpaired) electrons. The van der Waals surface area contributed by atoms with E-state index >= 15 is 0 Å². The van der Waals surface area contributed by atoms with Gasteiger partial charge in [0.25, 0.3) is 0 Å². The molecule has 0 spiro atoms. The minimum Gasteiger partial charge on any atom is -0.366 e. The third-order valence-electron chi connectivity index (χ3n) is 17.5. The SMILES string of the molecule is Brc1cc([Si](c2ccccc2)(c2ccccc2)c2cccc(N3C4CC5CC(C4)CC3C5)c2)cc([Si](c2ccccc2)(c2ccccc2)c2cccc(N3C4CC5CC(C4)CC3C5)c2)c1. The second-order valence-corrected chi connectivity index (χ2v) is 29.6. The van der Waals surface area contributed by atoms with Crippen LogP contribution in [0.15, 0.2) is 193 Å². The van der Waals surface area contributed by atoms with Crippen LogP contribution in [0.3, 0.4) is 0 Å². The van der Waals surface area contributed by atoms with Gasteiger partial charge >= 0.3 is 0 Å². The Morgan fingerprint density at radius 2 is 0.585 bits per heavy atom. The van der Waals surface area contributed by atoms with E-state index in [0.717, 1.165) is 28.1 Å². The zero-order valence-electron chi connectivity index (χ0n) is 37.4. The molecular formula is C60H59BrN2Si2. The van der Waals surface area contributed by atoms with Crippen molar-refractivity contribution < 1.29 is 0 Å². The highest BCUT2D eigenvalue weighted by Gasteiger charge is 2.50. The lowest BCUT2D eigenvalue weighted by molar-refractivity contribution is 0.0899. The van der Waals surface area contributed by atoms with Crippen molar-refractivity contribution in [3.05, 3.63) is 193 Å². The van der Waals surface area contributed by atoms with E-state index in [1.807, 2.05) is 0 Å². The molecule has 7 aromatic carbocycles. The van der Waals surface area contributed by atoms with Gasteiger partial charge in [0.2, 0.25) is 0 Å². The maximum Gasteiger partial charge on any atom is 0.179 e. The maximum absolute atomic E-state index is 4.30. The molecule has 0 atom stereocenters. The number of hydrogen-bond acceptors (Lipinski definition) is 2. The summed E-state index contributed by atoms with van der Waals surface area (Å²) >= 11 is 4.30. The van der Waals surface area contributed by atoms with Crippen LogP contribution in [0.25, 0.3) is 0 Å². The standard InChI is InChI=1S/C60H59BrN2Si2/c61-46-37-59(64(53-17-5-1-6-18-53,54-19-7-2-8-20-54)57-25-13-15-47(39-57)62-49-29-42-27-43(31-49)32-50(62)30-42)41-60(38-46)65(55-21-9-3-10-22-55,56-23-11-4-12-24-56)58-26-14-16-48(40-58)63-51-33-44-28-45(35-51)36-52(63)34-44/h1-26,37-45,49-52H,27-36H2. The molecular weight excluding hydrogens is 885 g/mol. The summed E-state index contributed by atoms with van der Waals surface area (Å²) < 4.78 is 1.15. The van der Waals surface area contributed by atoms with E-state index in [2.05, 4.69) is 214 Å². The molecule has 65 heavy (non-hydrogen) atoms. The zero-order chi connectivity index (χ0) is 43.1. The Morgan fingerprint density at radius 1 is 0.292 bits per heavy atom. The van der Waals surface area contributed by atoms with E-state index < -0.39 is 16.1 Å². The molecule has 5 heteroatoms. The van der Waals surface area contributed by atoms with Crippen LogP contribution in [0.4, 0.5) is 11.4 Å². The number of hydrogen-bond donors (Lipinski definition) is 0. The van der Waals surface area contributed by atoms with Gasteiger partial charge in [-0.2, -0.15) is 0 Å². The van der Waals surface area contributed by atoms with Gasteiger partial charge < -0.3 is 9.80 Å². The predicted molar refractivity (Wildman–Crippen MR) is 282 cm³/mol. The largest absolute Gasteiger partial charge is 0.366 e. The van der Waals surface area contributed by atoms with Crippen molar-refractivity contribution in [1.29, 1.82) is 0 Å². The van der Waals surface area contributed by atoms with E-state index in [0.29, 0.717) is 24.2 Å². The summed E-state index contributed by atoms with van der Waals surface area (Å²) in [5, 5.41) is 11.5. The molecule has 0 aromatic heterocycles. The molecule has 324 valence electrons. The third-order valence-corrected chi connectivity index (χ3v) is 27.4. The number of piperidine rings is 4. The van der Waals surface area contributed by atoms with E-state index in [9.17, 15) is 0 Å². The summed E-state index contributed by atoms with van der Waals surface area (Å²) in [4.78, 5) is 5.79. The molecule has 4 saturated heterocycles. The number of rotatable bonds is 10. The lowest BCUT2D eigenvalue weighted by Gasteiger charge is -2.57. The van der Waals surface area contributed by atoms with Crippen LogP contribution in [0.5, 0.6) is 0 Å². The van der Waals surface area contributed by atoms with Gasteiger partial charge in [0.15, 0.2) is 16.1 Å². The summed E-state index contributed by atoms with van der Waals surface area (Å²) in [5.41, 5.74) is 2.87. The summed E-state index contributed by atoms with van der Waals surface area (Å²) in [5.74, 6) is 3.68. The molecule has 4 saturated carbocycles. The highest BCUT2D eigenvalue weighted by molar-refractivity contribution is 9.10. The van der Waals surface area contributed by atoms with Crippen molar-refractivity contribution in [2.75, 3.05) is 9.80 Å². The summed E-state index contributed by atoms with van der Waals surface area (Å²) in [6.07, 6.45) is 13.8. The molecule has 2 nitrogen and oxygen atoms in total. The second kappa shape index (κ2) is 16.1. The lowest BCUT2D eigenvalue weighted by Crippen LogP contribution is -2.78. The molecule has 8 bridgehead atoms. The Balaban J connectivity index is 1.06. The van der Waals surface area contributed by atoms with Crippen LogP contribution in [0, 0.1) is 23.7 Å². The molecule has 8 aliphatic rings. The van der Waals surface area contributed by atoms with Crippen LogP contribution < -0.4 is 51.3 Å². The van der Waals surface area contributed by atoms with Crippen molar-refractivity contribution in [3.8, 4) is 0 Å². The first kappa shape index (κ1) is 40.3. The molecule has 0 amide bonds. The van der Waals surface area contributed by atoms with Crippen LogP contribution >= 0.6 is 15.9 Å². The zero-order valence-corrected chi connectivity index (χ0v) is 40.9. The van der Waals surface area contributed by atoms with Gasteiger partial charge in [0.05, 0.1) is 0 Å². The van der Waals surface area contributed by atoms with Gasteiger partial charge in [-0.15, -0.1) is 0 Å². The summed E-state index contributed by atoms with van der Waals surface area (Å²) in [6, 6.07) is 77.0. The van der Waals surface area contributed by atoms with Crippen molar-refractivity contribution in [2.45, 2.75) is 88.4 Å². The highest BCUT2D eigenvalue weighted by atomic mass is 79.9. The molecule has 7 aromatic rings. The maximum atomic E-state index is 4.30. The van der Waals surface area contributed by atoms with E-state index in [4.69, 9.17) is 0 Å². The molecule has 4 aliphatic heterocycles. The fourth-order valence-corrected chi connectivity index (χ4v) is 26.2. The lowest BCUT2D eigenvalue weighted by atomic mass is 9.63. The first-order chi connectivity index (χ1) is 32.0. The van der Waals surface area contributed by atoms with E-state index in [1.54, 1.807) is 0 Å². The fraction of sp³-hybridized carbons (Fsp3) is 0.300. The van der Waals surface area contributed by atoms with Crippen molar-refractivity contribution in [1.82, 2.24) is 0 Å². The number of halogens is 1. The van der Waals surface area contributed by atoms with Gasteiger partial charge in [-0.1, -0.05) is 168 Å². The average Bonchev–Trinajstić information content (AvgIpc) is 3.33. The molecule has 15 rings (SSSR count). The quantitative estimate of drug-likeness (QED) is 0.100. The molecule has 4 heterocycles. The Bertz CT molecular complexity index is 2510. The molecule has 8 fully saturated rings. The summed E-state index contributed by atoms with van der Waals surface area (Å²) in [6.45, 7) is 0.